The number of methoxy groups -OCH3 is 1. The highest BCUT2D eigenvalue weighted by Gasteiger charge is 2.34. The number of aromatic nitrogens is 1. The first-order valence-corrected chi connectivity index (χ1v) is 4.97. The van der Waals surface area contributed by atoms with Gasteiger partial charge in [0.2, 0.25) is 0 Å². The fourth-order valence-electron chi connectivity index (χ4n) is 1.45. The van der Waals surface area contributed by atoms with Crippen molar-refractivity contribution in [3.8, 4) is 11.5 Å². The minimum Gasteiger partial charge on any atom is -0.494 e. The molecular weight excluding hydrogens is 293 g/mol. The number of carboxylic acid groups (broad SMARTS) is 1. The third kappa shape index (κ3) is 3.93. The van der Waals surface area contributed by atoms with Crippen LogP contribution in [0.25, 0.3) is 0 Å². The van der Waals surface area contributed by atoms with Crippen LogP contribution in [0.5, 0.6) is 11.5 Å². The van der Waals surface area contributed by atoms with Crippen molar-refractivity contribution in [1.29, 1.82) is 0 Å². The summed E-state index contributed by atoms with van der Waals surface area (Å²) in [6.07, 6.45) is -8.86. The van der Waals surface area contributed by atoms with Crippen molar-refractivity contribution in [2.75, 3.05) is 7.11 Å². The van der Waals surface area contributed by atoms with E-state index in [0.717, 1.165) is 7.11 Å². The number of nitrogens with zero attached hydrogens (tertiary/aromatic N) is 1. The second kappa shape index (κ2) is 5.88. The van der Waals surface area contributed by atoms with E-state index in [1.54, 1.807) is 0 Å². The smallest absolute Gasteiger partial charge is 0.494 e. The van der Waals surface area contributed by atoms with Crippen LogP contribution in [0.1, 0.15) is 17.7 Å². The lowest BCUT2D eigenvalue weighted by molar-refractivity contribution is -0.275. The van der Waals surface area contributed by atoms with Gasteiger partial charge >= 0.3 is 12.3 Å². The van der Waals surface area contributed by atoms with Crippen molar-refractivity contribution < 1.29 is 41.3 Å². The van der Waals surface area contributed by atoms with Gasteiger partial charge in [-0.1, -0.05) is 0 Å². The number of pyridine rings is 1. The molecule has 1 rings (SSSR count). The Hall–Kier alpha value is -2.13. The number of halogens is 5. The zero-order chi connectivity index (χ0) is 15.5. The minimum absolute atomic E-state index is 0.385. The summed E-state index contributed by atoms with van der Waals surface area (Å²) in [5, 5.41) is 8.64. The van der Waals surface area contributed by atoms with Gasteiger partial charge in [-0.05, 0) is 0 Å². The van der Waals surface area contributed by atoms with Crippen LogP contribution in [-0.2, 0) is 11.2 Å². The summed E-state index contributed by atoms with van der Waals surface area (Å²) in [6.45, 7) is 0. The van der Waals surface area contributed by atoms with Crippen molar-refractivity contribution in [2.24, 2.45) is 0 Å². The summed E-state index contributed by atoms with van der Waals surface area (Å²) >= 11 is 0. The van der Waals surface area contributed by atoms with Gasteiger partial charge in [0, 0.05) is 0 Å². The Labute approximate surface area is 108 Å². The predicted molar refractivity (Wildman–Crippen MR) is 53.8 cm³/mol. The molecule has 1 aromatic heterocycles. The number of alkyl halides is 5. The first kappa shape index (κ1) is 15.9. The average molecular weight is 301 g/mol. The quantitative estimate of drug-likeness (QED) is 0.846. The van der Waals surface area contributed by atoms with Crippen molar-refractivity contribution in [3.63, 3.8) is 0 Å². The molecule has 0 bridgehead atoms. The third-order valence-corrected chi connectivity index (χ3v) is 2.09. The van der Waals surface area contributed by atoms with E-state index in [9.17, 15) is 26.7 Å². The van der Waals surface area contributed by atoms with Gasteiger partial charge in [-0.15, -0.1) is 13.2 Å². The zero-order valence-corrected chi connectivity index (χ0v) is 9.87. The van der Waals surface area contributed by atoms with E-state index < -0.39 is 47.9 Å². The molecule has 0 amide bonds. The molecule has 0 atom stereocenters. The normalized spacial score (nSPS) is 11.6. The standard InChI is InChI=1S/C10H8F5NO4/c1-19-8-4(2-6(17)18)5(20-10(13,14)15)3-16-7(8)9(11)12/h3,9H,2H2,1H3,(H,17,18). The molecule has 0 fully saturated rings. The average Bonchev–Trinajstić information content (AvgIpc) is 2.28. The van der Waals surface area contributed by atoms with Crippen LogP contribution in [0.4, 0.5) is 22.0 Å². The molecule has 1 aromatic rings. The molecule has 10 heteroatoms. The number of ether oxygens (including phenoxy) is 2. The molecule has 5 nitrogen and oxygen atoms in total. The molecule has 112 valence electrons. The van der Waals surface area contributed by atoms with Gasteiger partial charge in [-0.25, -0.2) is 13.8 Å². The molecule has 0 saturated heterocycles. The molecular formula is C10H8F5NO4. The fourth-order valence-corrected chi connectivity index (χ4v) is 1.45. The van der Waals surface area contributed by atoms with E-state index in [-0.39, 0.29) is 0 Å². The number of aliphatic carboxylic acids is 1. The molecule has 0 aliphatic carbocycles. The first-order valence-electron chi connectivity index (χ1n) is 4.97. The van der Waals surface area contributed by atoms with E-state index in [2.05, 4.69) is 14.5 Å². The van der Waals surface area contributed by atoms with Crippen LogP contribution in [-0.4, -0.2) is 29.5 Å². The topological polar surface area (TPSA) is 68.7 Å². The molecule has 20 heavy (non-hydrogen) atoms. The Bertz CT molecular complexity index is 503. The number of carbonyl (C=O) groups is 1. The number of rotatable bonds is 5. The summed E-state index contributed by atoms with van der Waals surface area (Å²) in [5.41, 5.74) is -1.62. The van der Waals surface area contributed by atoms with Crippen molar-refractivity contribution in [3.05, 3.63) is 17.5 Å². The van der Waals surface area contributed by atoms with Gasteiger partial charge in [0.05, 0.1) is 25.3 Å². The zero-order valence-electron chi connectivity index (χ0n) is 9.87. The molecule has 0 radical (unpaired) electrons. The van der Waals surface area contributed by atoms with Gasteiger partial charge in [0.1, 0.15) is 5.69 Å². The lowest BCUT2D eigenvalue weighted by atomic mass is 10.1. The molecule has 0 spiro atoms. The molecule has 1 N–H and O–H groups in total. The summed E-state index contributed by atoms with van der Waals surface area (Å²) < 4.78 is 69.9. The fraction of sp³-hybridized carbons (Fsp3) is 0.400. The Balaban J connectivity index is 3.40. The number of hydrogen-bond acceptors (Lipinski definition) is 4. The molecule has 0 aliphatic rings. The van der Waals surface area contributed by atoms with E-state index in [4.69, 9.17) is 5.11 Å². The van der Waals surface area contributed by atoms with Crippen LogP contribution >= 0.6 is 0 Å². The van der Waals surface area contributed by atoms with Gasteiger partial charge in [-0.3, -0.25) is 4.79 Å². The largest absolute Gasteiger partial charge is 0.573 e. The maximum absolute atomic E-state index is 12.6. The highest BCUT2D eigenvalue weighted by atomic mass is 19.4. The van der Waals surface area contributed by atoms with Crippen molar-refractivity contribution in [1.82, 2.24) is 4.98 Å². The molecule has 1 heterocycles. The summed E-state index contributed by atoms with van der Waals surface area (Å²) in [5.74, 6) is -3.29. The van der Waals surface area contributed by atoms with Crippen LogP contribution in [0, 0.1) is 0 Å². The van der Waals surface area contributed by atoms with E-state index in [1.807, 2.05) is 0 Å². The van der Waals surface area contributed by atoms with Crippen LogP contribution in [0.3, 0.4) is 0 Å². The summed E-state index contributed by atoms with van der Waals surface area (Å²) in [6, 6.07) is 0. The van der Waals surface area contributed by atoms with Crippen molar-refractivity contribution >= 4 is 5.97 Å². The predicted octanol–water partition coefficient (Wildman–Crippen LogP) is 2.55. The Morgan fingerprint density at radius 3 is 2.45 bits per heavy atom. The Morgan fingerprint density at radius 2 is 2.05 bits per heavy atom. The van der Waals surface area contributed by atoms with Gasteiger partial charge in [-0.2, -0.15) is 0 Å². The number of hydrogen-bond donors (Lipinski definition) is 1. The highest BCUT2D eigenvalue weighted by molar-refractivity contribution is 5.73. The number of carboxylic acids is 1. The maximum atomic E-state index is 12.6. The van der Waals surface area contributed by atoms with Gasteiger partial charge in [0.25, 0.3) is 6.43 Å². The van der Waals surface area contributed by atoms with E-state index in [0.29, 0.717) is 6.20 Å². The highest BCUT2D eigenvalue weighted by Crippen LogP contribution is 2.37. The van der Waals surface area contributed by atoms with Gasteiger partial charge < -0.3 is 14.6 Å². The minimum atomic E-state index is -5.12. The summed E-state index contributed by atoms with van der Waals surface area (Å²) in [4.78, 5) is 13.7. The molecule has 0 aromatic carbocycles. The lowest BCUT2D eigenvalue weighted by Gasteiger charge is -2.16. The first-order chi connectivity index (χ1) is 9.15. The van der Waals surface area contributed by atoms with E-state index in [1.165, 1.54) is 0 Å². The SMILES string of the molecule is COc1c(C(F)F)ncc(OC(F)(F)F)c1CC(=O)O. The van der Waals surface area contributed by atoms with Gasteiger partial charge in [0.15, 0.2) is 11.5 Å². The Morgan fingerprint density at radius 1 is 1.45 bits per heavy atom. The summed E-state index contributed by atoms with van der Waals surface area (Å²) in [7, 11) is 0.908. The Kier molecular flexibility index (Phi) is 4.69. The second-order valence-corrected chi connectivity index (χ2v) is 3.44. The van der Waals surface area contributed by atoms with Crippen LogP contribution in [0.2, 0.25) is 0 Å². The maximum Gasteiger partial charge on any atom is 0.573 e. The van der Waals surface area contributed by atoms with E-state index >= 15 is 0 Å². The molecule has 0 saturated carbocycles. The molecule has 0 aliphatic heterocycles. The third-order valence-electron chi connectivity index (χ3n) is 2.09. The molecule has 0 unspecified atom stereocenters. The second-order valence-electron chi connectivity index (χ2n) is 3.44. The monoisotopic (exact) mass is 301 g/mol. The van der Waals surface area contributed by atoms with Crippen LogP contribution in [0.15, 0.2) is 6.20 Å². The van der Waals surface area contributed by atoms with Crippen LogP contribution < -0.4 is 9.47 Å². The lowest BCUT2D eigenvalue weighted by Crippen LogP contribution is -2.20. The van der Waals surface area contributed by atoms with Crippen molar-refractivity contribution in [2.45, 2.75) is 19.2 Å².